The van der Waals surface area contributed by atoms with Crippen molar-refractivity contribution in [2.45, 2.75) is 18.7 Å². The number of amides is 1. The third-order valence-electron chi connectivity index (χ3n) is 3.55. The molecule has 2 N–H and O–H groups in total. The van der Waals surface area contributed by atoms with Gasteiger partial charge in [0.25, 0.3) is 5.91 Å². The van der Waals surface area contributed by atoms with E-state index in [2.05, 4.69) is 15.4 Å². The summed E-state index contributed by atoms with van der Waals surface area (Å²) in [6.07, 6.45) is 1.77. The van der Waals surface area contributed by atoms with Crippen LogP contribution in [0.3, 0.4) is 0 Å². The average molecular weight is 356 g/mol. The number of benzene rings is 2. The molecule has 3 rings (SSSR count). The van der Waals surface area contributed by atoms with E-state index in [9.17, 15) is 9.18 Å². The molecule has 0 aliphatic rings. The van der Waals surface area contributed by atoms with Crippen LogP contribution in [-0.2, 0) is 0 Å². The van der Waals surface area contributed by atoms with E-state index in [4.69, 9.17) is 0 Å². The van der Waals surface area contributed by atoms with Crippen LogP contribution < -0.4 is 10.3 Å². The van der Waals surface area contributed by atoms with Crippen molar-refractivity contribution in [1.82, 2.24) is 20.0 Å². The molecule has 7 heteroatoms. The fraction of sp³-hybridized carbons (Fsp3) is 0.111. The summed E-state index contributed by atoms with van der Waals surface area (Å²) in [7, 11) is 0. The van der Waals surface area contributed by atoms with Crippen molar-refractivity contribution in [3.63, 3.8) is 0 Å². The first-order valence-corrected chi connectivity index (χ1v) is 8.46. The van der Waals surface area contributed by atoms with Crippen molar-refractivity contribution >= 4 is 17.9 Å². The van der Waals surface area contributed by atoms with Crippen molar-refractivity contribution in [2.75, 3.05) is 0 Å². The van der Waals surface area contributed by atoms with Crippen molar-refractivity contribution < 1.29 is 9.18 Å². The first-order chi connectivity index (χ1) is 12.0. The smallest absolute Gasteiger partial charge is 0.269 e. The van der Waals surface area contributed by atoms with E-state index in [1.165, 1.54) is 18.0 Å². The van der Waals surface area contributed by atoms with Gasteiger partial charge in [-0.2, -0.15) is 9.93 Å². The highest BCUT2D eigenvalue weighted by Crippen LogP contribution is 2.19. The molecule has 0 aliphatic heterocycles. The van der Waals surface area contributed by atoms with Crippen LogP contribution in [0.25, 0.3) is 5.69 Å². The normalized spacial score (nSPS) is 10.7. The zero-order valence-electron chi connectivity index (χ0n) is 13.8. The summed E-state index contributed by atoms with van der Waals surface area (Å²) in [5.74, 6) is -1.09. The van der Waals surface area contributed by atoms with Gasteiger partial charge >= 0.3 is 0 Å². The average Bonchev–Trinajstić information content (AvgIpc) is 3.04. The molecule has 0 unspecified atom stereocenters. The highest BCUT2D eigenvalue weighted by atomic mass is 32.2. The van der Waals surface area contributed by atoms with Gasteiger partial charge in [0.05, 0.1) is 16.9 Å². The molecule has 0 radical (unpaired) electrons. The van der Waals surface area contributed by atoms with Gasteiger partial charge in [0, 0.05) is 11.1 Å². The molecule has 1 aromatic heterocycles. The predicted molar refractivity (Wildman–Crippen MR) is 95.9 cm³/mol. The fourth-order valence-electron chi connectivity index (χ4n) is 2.29. The number of aromatic nitrogens is 2. The number of hydrogen-bond acceptors (Lipinski definition) is 4. The quantitative estimate of drug-likeness (QED) is 0.542. The zero-order valence-corrected chi connectivity index (χ0v) is 14.6. The molecule has 0 bridgehead atoms. The molecule has 25 heavy (non-hydrogen) atoms. The lowest BCUT2D eigenvalue weighted by Crippen LogP contribution is -2.33. The Morgan fingerprint density at radius 1 is 1.16 bits per heavy atom. The first kappa shape index (κ1) is 17.2. The largest absolute Gasteiger partial charge is 0.277 e. The molecule has 0 saturated carbocycles. The lowest BCUT2D eigenvalue weighted by molar-refractivity contribution is 0.0943. The number of carbonyl (C=O) groups is 1. The van der Waals surface area contributed by atoms with Gasteiger partial charge in [-0.3, -0.25) is 10.2 Å². The maximum Gasteiger partial charge on any atom is 0.269 e. The molecule has 0 fully saturated rings. The van der Waals surface area contributed by atoms with E-state index in [0.29, 0.717) is 11.3 Å². The molecule has 0 spiro atoms. The van der Waals surface area contributed by atoms with Crippen molar-refractivity contribution in [2.24, 2.45) is 0 Å². The van der Waals surface area contributed by atoms with E-state index in [0.717, 1.165) is 10.6 Å². The maximum absolute atomic E-state index is 14.4. The summed E-state index contributed by atoms with van der Waals surface area (Å²) in [5, 5.41) is 4.30. The SMILES string of the molecule is Cc1ccn(-c2cc(C)c(F)c(C(=O)NNSc3ccccc3)c2)n1. The van der Waals surface area contributed by atoms with Gasteiger partial charge < -0.3 is 0 Å². The van der Waals surface area contributed by atoms with E-state index in [-0.39, 0.29) is 5.56 Å². The van der Waals surface area contributed by atoms with Gasteiger partial charge in [-0.25, -0.2) is 9.07 Å². The third-order valence-corrected chi connectivity index (χ3v) is 4.26. The Kier molecular flexibility index (Phi) is 5.16. The van der Waals surface area contributed by atoms with Crippen molar-refractivity contribution in [3.05, 3.63) is 77.4 Å². The first-order valence-electron chi connectivity index (χ1n) is 7.64. The highest BCUT2D eigenvalue weighted by molar-refractivity contribution is 7.97. The molecular weight excluding hydrogens is 339 g/mol. The van der Waals surface area contributed by atoms with Crippen LogP contribution in [0.2, 0.25) is 0 Å². The number of carbonyl (C=O) groups excluding carboxylic acids is 1. The Morgan fingerprint density at radius 3 is 2.60 bits per heavy atom. The van der Waals surface area contributed by atoms with Crippen LogP contribution in [0.1, 0.15) is 21.6 Å². The molecule has 1 amide bonds. The minimum atomic E-state index is -0.547. The second-order valence-corrected chi connectivity index (χ2v) is 6.38. The van der Waals surface area contributed by atoms with Gasteiger partial charge in [-0.1, -0.05) is 18.2 Å². The maximum atomic E-state index is 14.4. The van der Waals surface area contributed by atoms with Crippen LogP contribution in [0.5, 0.6) is 0 Å². The summed E-state index contributed by atoms with van der Waals surface area (Å²) < 4.78 is 16.0. The number of rotatable bonds is 5. The van der Waals surface area contributed by atoms with Crippen LogP contribution >= 0.6 is 11.9 Å². The molecule has 5 nitrogen and oxygen atoms in total. The number of halogens is 1. The Morgan fingerprint density at radius 2 is 1.92 bits per heavy atom. The van der Waals surface area contributed by atoms with Gasteiger partial charge in [-0.15, -0.1) is 0 Å². The Bertz CT molecular complexity index is 895. The van der Waals surface area contributed by atoms with Crippen LogP contribution in [0.15, 0.2) is 59.6 Å². The van der Waals surface area contributed by atoms with Gasteiger partial charge in [-0.05, 0) is 61.7 Å². The summed E-state index contributed by atoms with van der Waals surface area (Å²) in [4.78, 5) is 16.0. The second-order valence-electron chi connectivity index (χ2n) is 5.50. The summed E-state index contributed by atoms with van der Waals surface area (Å²) in [6.45, 7) is 3.49. The molecule has 1 heterocycles. The molecule has 3 aromatic rings. The third kappa shape index (κ3) is 4.07. The van der Waals surface area contributed by atoms with E-state index >= 15 is 0 Å². The molecule has 0 saturated heterocycles. The fourth-order valence-corrected chi connectivity index (χ4v) is 2.85. The molecule has 128 valence electrons. The second kappa shape index (κ2) is 7.50. The van der Waals surface area contributed by atoms with Gasteiger partial charge in [0.15, 0.2) is 0 Å². The number of hydrogen-bond donors (Lipinski definition) is 2. The van der Waals surface area contributed by atoms with Crippen LogP contribution in [0.4, 0.5) is 4.39 Å². The number of aryl methyl sites for hydroxylation is 2. The Labute approximate surface area is 149 Å². The van der Waals surface area contributed by atoms with E-state index in [1.807, 2.05) is 43.3 Å². The standard InChI is InChI=1S/C18H17FN4OS/c1-12-10-14(23-9-8-13(2)21-23)11-16(17(12)19)18(24)20-22-25-15-6-4-3-5-7-15/h3-11,22H,1-2H3,(H,20,24). The number of nitrogens with one attached hydrogen (secondary N) is 2. The highest BCUT2D eigenvalue weighted by Gasteiger charge is 2.16. The van der Waals surface area contributed by atoms with Gasteiger partial charge in [0.2, 0.25) is 0 Å². The molecular formula is C18H17FN4OS. The van der Waals surface area contributed by atoms with Crippen LogP contribution in [0, 0.1) is 19.7 Å². The summed E-state index contributed by atoms with van der Waals surface area (Å²) >= 11 is 1.24. The topological polar surface area (TPSA) is 59.0 Å². The van der Waals surface area contributed by atoms with E-state index in [1.54, 1.807) is 23.9 Å². The number of hydrazine groups is 1. The Hall–Kier alpha value is -2.64. The van der Waals surface area contributed by atoms with Crippen molar-refractivity contribution in [1.29, 1.82) is 0 Å². The molecule has 0 aliphatic carbocycles. The monoisotopic (exact) mass is 356 g/mol. The lowest BCUT2D eigenvalue weighted by atomic mass is 10.1. The van der Waals surface area contributed by atoms with Crippen molar-refractivity contribution in [3.8, 4) is 5.69 Å². The summed E-state index contributed by atoms with van der Waals surface area (Å²) in [6, 6.07) is 14.5. The van der Waals surface area contributed by atoms with Gasteiger partial charge in [0.1, 0.15) is 5.82 Å². The lowest BCUT2D eigenvalue weighted by Gasteiger charge is -2.11. The minimum absolute atomic E-state index is 0.0377. The van der Waals surface area contributed by atoms with Crippen LogP contribution in [-0.4, -0.2) is 15.7 Å². The molecule has 2 aromatic carbocycles. The predicted octanol–water partition coefficient (Wildman–Crippen LogP) is 3.57. The Balaban J connectivity index is 1.76. The minimum Gasteiger partial charge on any atom is -0.277 e. The summed E-state index contributed by atoms with van der Waals surface area (Å²) in [5.41, 5.74) is 4.32. The zero-order chi connectivity index (χ0) is 17.8. The van der Waals surface area contributed by atoms with E-state index < -0.39 is 11.7 Å². The molecule has 0 atom stereocenters. The number of nitrogens with zero attached hydrogens (tertiary/aromatic N) is 2.